The molecule has 0 N–H and O–H groups in total. The van der Waals surface area contributed by atoms with Crippen molar-refractivity contribution in [3.8, 4) is 11.5 Å². The first-order chi connectivity index (χ1) is 15.1. The molecule has 5 heteroatoms. The number of ether oxygens (including phenoxy) is 1. The second-order valence-electron chi connectivity index (χ2n) is 8.20. The van der Waals surface area contributed by atoms with Crippen LogP contribution in [0.1, 0.15) is 30.7 Å². The summed E-state index contributed by atoms with van der Waals surface area (Å²) in [7, 11) is 0. The number of rotatable bonds is 4. The maximum absolute atomic E-state index is 13.2. The summed E-state index contributed by atoms with van der Waals surface area (Å²) in [6, 6.07) is 24.5. The van der Waals surface area contributed by atoms with Crippen molar-refractivity contribution in [2.75, 3.05) is 4.90 Å². The van der Waals surface area contributed by atoms with Gasteiger partial charge >= 0.3 is 0 Å². The first kappa shape index (κ1) is 19.8. The molecule has 156 valence electrons. The molecule has 1 heterocycles. The number of carbonyl (C=O) groups excluding carboxylic acids is 2. The van der Waals surface area contributed by atoms with Gasteiger partial charge in [-0.3, -0.25) is 14.5 Å². The molecule has 0 aromatic heterocycles. The number of hydrogen-bond donors (Lipinski definition) is 0. The highest BCUT2D eigenvalue weighted by Gasteiger charge is 2.50. The van der Waals surface area contributed by atoms with Gasteiger partial charge in [-0.15, -0.1) is 0 Å². The molecule has 1 saturated heterocycles. The smallest absolute Gasteiger partial charge is 0.237 e. The number of fused-ring (bicyclic) bond motifs is 1. The number of imide groups is 1. The first-order valence-electron chi connectivity index (χ1n) is 10.6. The molecule has 5 rings (SSSR count). The van der Waals surface area contributed by atoms with E-state index < -0.39 is 0 Å². The Morgan fingerprint density at radius 2 is 1.35 bits per heavy atom. The Morgan fingerprint density at radius 1 is 0.742 bits per heavy atom. The Bertz CT molecular complexity index is 1100. The molecule has 3 atom stereocenters. The summed E-state index contributed by atoms with van der Waals surface area (Å²) >= 11 is 5.91. The summed E-state index contributed by atoms with van der Waals surface area (Å²) in [6.07, 6.45) is 2.42. The minimum atomic E-state index is -0.239. The number of amides is 2. The number of carbonyl (C=O) groups is 2. The standard InChI is InChI=1S/C26H22ClNO3/c27-19-7-11-21(12-8-19)31-22-13-9-20(10-14-22)28-25(29)23-15-6-18(16-24(23)26(28)30)17-4-2-1-3-5-17/h1-5,7-14,18,23-24H,6,15-16H2. The average molecular weight is 432 g/mol. The Hall–Kier alpha value is -3.11. The number of hydrogen-bond acceptors (Lipinski definition) is 3. The summed E-state index contributed by atoms with van der Waals surface area (Å²) in [6.45, 7) is 0. The van der Waals surface area contributed by atoms with E-state index in [4.69, 9.17) is 16.3 Å². The topological polar surface area (TPSA) is 46.6 Å². The van der Waals surface area contributed by atoms with Crippen molar-refractivity contribution < 1.29 is 14.3 Å². The van der Waals surface area contributed by atoms with Crippen molar-refractivity contribution >= 4 is 29.1 Å². The molecule has 0 spiro atoms. The lowest BCUT2D eigenvalue weighted by atomic mass is 9.73. The van der Waals surface area contributed by atoms with Gasteiger partial charge in [-0.05, 0) is 79.3 Å². The molecule has 3 aromatic carbocycles. The molecular formula is C26H22ClNO3. The summed E-state index contributed by atoms with van der Waals surface area (Å²) < 4.78 is 5.82. The lowest BCUT2D eigenvalue weighted by molar-refractivity contribution is -0.122. The van der Waals surface area contributed by atoms with E-state index in [0.717, 1.165) is 19.3 Å². The van der Waals surface area contributed by atoms with E-state index in [2.05, 4.69) is 12.1 Å². The van der Waals surface area contributed by atoms with Crippen LogP contribution >= 0.6 is 11.6 Å². The first-order valence-corrected chi connectivity index (χ1v) is 10.9. The van der Waals surface area contributed by atoms with Crippen LogP contribution in [0, 0.1) is 11.8 Å². The van der Waals surface area contributed by atoms with Crippen molar-refractivity contribution in [2.45, 2.75) is 25.2 Å². The Kier molecular flexibility index (Phi) is 5.24. The molecule has 31 heavy (non-hydrogen) atoms. The van der Waals surface area contributed by atoms with Crippen molar-refractivity contribution in [2.24, 2.45) is 11.8 Å². The minimum Gasteiger partial charge on any atom is -0.457 e. The van der Waals surface area contributed by atoms with E-state index in [0.29, 0.717) is 28.1 Å². The third-order valence-corrected chi connectivity index (χ3v) is 6.59. The van der Waals surface area contributed by atoms with E-state index in [9.17, 15) is 9.59 Å². The SMILES string of the molecule is O=C1C2CCC(c3ccccc3)CC2C(=O)N1c1ccc(Oc2ccc(Cl)cc2)cc1. The molecule has 3 unspecified atom stereocenters. The van der Waals surface area contributed by atoms with Gasteiger partial charge in [-0.2, -0.15) is 0 Å². The van der Waals surface area contributed by atoms with Gasteiger partial charge in [0.05, 0.1) is 17.5 Å². The Balaban J connectivity index is 1.32. The molecule has 0 bridgehead atoms. The molecule has 4 nitrogen and oxygen atoms in total. The summed E-state index contributed by atoms with van der Waals surface area (Å²) in [4.78, 5) is 27.6. The average Bonchev–Trinajstić information content (AvgIpc) is 3.06. The zero-order chi connectivity index (χ0) is 21.4. The van der Waals surface area contributed by atoms with Crippen molar-refractivity contribution in [1.82, 2.24) is 0 Å². The third-order valence-electron chi connectivity index (χ3n) is 6.34. The number of anilines is 1. The van der Waals surface area contributed by atoms with Crippen LogP contribution < -0.4 is 9.64 Å². The predicted molar refractivity (Wildman–Crippen MR) is 120 cm³/mol. The van der Waals surface area contributed by atoms with E-state index in [1.54, 1.807) is 48.5 Å². The normalized spacial score (nSPS) is 23.0. The van der Waals surface area contributed by atoms with Crippen molar-refractivity contribution in [3.63, 3.8) is 0 Å². The monoisotopic (exact) mass is 431 g/mol. The molecule has 1 aliphatic heterocycles. The van der Waals surface area contributed by atoms with Crippen LogP contribution in [0.4, 0.5) is 5.69 Å². The molecule has 1 saturated carbocycles. The van der Waals surface area contributed by atoms with Gasteiger partial charge in [0.2, 0.25) is 11.8 Å². The molecule has 2 aliphatic rings. The van der Waals surface area contributed by atoms with Gasteiger partial charge in [0.25, 0.3) is 0 Å². The minimum absolute atomic E-state index is 0.0760. The van der Waals surface area contributed by atoms with Crippen LogP contribution in [0.15, 0.2) is 78.9 Å². The second-order valence-corrected chi connectivity index (χ2v) is 8.63. The summed E-state index contributed by atoms with van der Waals surface area (Å²) in [5.41, 5.74) is 1.85. The number of halogens is 1. The van der Waals surface area contributed by atoms with Gasteiger partial charge in [-0.1, -0.05) is 41.9 Å². The van der Waals surface area contributed by atoms with Gasteiger partial charge in [0.1, 0.15) is 11.5 Å². The molecule has 3 aromatic rings. The zero-order valence-corrected chi connectivity index (χ0v) is 17.7. The number of benzene rings is 3. The number of nitrogens with zero attached hydrogens (tertiary/aromatic N) is 1. The van der Waals surface area contributed by atoms with Crippen LogP contribution in [-0.2, 0) is 9.59 Å². The van der Waals surface area contributed by atoms with Gasteiger partial charge in [0.15, 0.2) is 0 Å². The summed E-state index contributed by atoms with van der Waals surface area (Å²) in [5.74, 6) is 1.02. The van der Waals surface area contributed by atoms with E-state index in [-0.39, 0.29) is 23.7 Å². The van der Waals surface area contributed by atoms with Gasteiger partial charge in [0, 0.05) is 5.02 Å². The Morgan fingerprint density at radius 3 is 2.03 bits per heavy atom. The lowest BCUT2D eigenvalue weighted by Gasteiger charge is -2.28. The van der Waals surface area contributed by atoms with Gasteiger partial charge in [-0.25, -0.2) is 0 Å². The molecule has 0 radical (unpaired) electrons. The van der Waals surface area contributed by atoms with Crippen LogP contribution in [0.25, 0.3) is 0 Å². The quantitative estimate of drug-likeness (QED) is 0.461. The fourth-order valence-electron chi connectivity index (χ4n) is 4.76. The highest BCUT2D eigenvalue weighted by atomic mass is 35.5. The van der Waals surface area contributed by atoms with Crippen LogP contribution in [0.2, 0.25) is 5.02 Å². The Labute approximate surface area is 186 Å². The molecule has 1 aliphatic carbocycles. The lowest BCUT2D eigenvalue weighted by Crippen LogP contribution is -2.30. The van der Waals surface area contributed by atoms with Crippen LogP contribution in [0.3, 0.4) is 0 Å². The fraction of sp³-hybridized carbons (Fsp3) is 0.231. The highest BCUT2D eigenvalue weighted by molar-refractivity contribution is 6.30. The fourth-order valence-corrected chi connectivity index (χ4v) is 4.89. The van der Waals surface area contributed by atoms with Crippen molar-refractivity contribution in [3.05, 3.63) is 89.4 Å². The maximum Gasteiger partial charge on any atom is 0.237 e. The van der Waals surface area contributed by atoms with Gasteiger partial charge < -0.3 is 4.74 Å². The summed E-state index contributed by atoms with van der Waals surface area (Å²) in [5, 5.41) is 0.643. The van der Waals surface area contributed by atoms with E-state index >= 15 is 0 Å². The third kappa shape index (κ3) is 3.84. The van der Waals surface area contributed by atoms with Crippen molar-refractivity contribution in [1.29, 1.82) is 0 Å². The maximum atomic E-state index is 13.2. The molecule has 2 amide bonds. The predicted octanol–water partition coefficient (Wildman–Crippen LogP) is 6.21. The van der Waals surface area contributed by atoms with Crippen LogP contribution in [0.5, 0.6) is 11.5 Å². The molecule has 2 fully saturated rings. The van der Waals surface area contributed by atoms with E-state index in [1.165, 1.54) is 10.5 Å². The zero-order valence-electron chi connectivity index (χ0n) is 16.9. The molecular weight excluding hydrogens is 410 g/mol. The van der Waals surface area contributed by atoms with E-state index in [1.807, 2.05) is 18.2 Å². The second kappa shape index (κ2) is 8.20. The largest absolute Gasteiger partial charge is 0.457 e. The van der Waals surface area contributed by atoms with Crippen LogP contribution in [-0.4, -0.2) is 11.8 Å². The highest BCUT2D eigenvalue weighted by Crippen LogP contribution is 2.45.